The van der Waals surface area contributed by atoms with Crippen molar-refractivity contribution < 1.29 is 14.3 Å². The minimum Gasteiger partial charge on any atom is -0.382 e. The highest BCUT2D eigenvalue weighted by atomic mass is 16.5. The zero-order valence-electron chi connectivity index (χ0n) is 11.6. The molecule has 1 aromatic rings. The van der Waals surface area contributed by atoms with E-state index < -0.39 is 0 Å². The van der Waals surface area contributed by atoms with Crippen molar-refractivity contribution >= 4 is 11.6 Å². The molecule has 1 amide bonds. The number of anilines is 1. The van der Waals surface area contributed by atoms with Gasteiger partial charge in [0.25, 0.3) is 0 Å². The average Bonchev–Trinajstić information content (AvgIpc) is 2.40. The first-order valence-electron chi connectivity index (χ1n) is 6.37. The lowest BCUT2D eigenvalue weighted by Gasteiger charge is -2.09. The van der Waals surface area contributed by atoms with E-state index in [2.05, 4.69) is 10.6 Å². The summed E-state index contributed by atoms with van der Waals surface area (Å²) in [7, 11) is 1.64. The van der Waals surface area contributed by atoms with Gasteiger partial charge in [-0.25, -0.2) is 0 Å². The Labute approximate surface area is 114 Å². The van der Waals surface area contributed by atoms with E-state index in [4.69, 9.17) is 9.47 Å². The average molecular weight is 266 g/mol. The number of para-hydroxylation sites is 1. The fraction of sp³-hybridized carbons (Fsp3) is 0.500. The van der Waals surface area contributed by atoms with E-state index in [1.165, 1.54) is 0 Å². The Hall–Kier alpha value is -1.43. The fourth-order valence-electron chi connectivity index (χ4n) is 1.50. The van der Waals surface area contributed by atoms with Crippen molar-refractivity contribution in [3.63, 3.8) is 0 Å². The van der Waals surface area contributed by atoms with Crippen LogP contribution in [0.4, 0.5) is 5.69 Å². The summed E-state index contributed by atoms with van der Waals surface area (Å²) >= 11 is 0. The van der Waals surface area contributed by atoms with Crippen molar-refractivity contribution in [1.82, 2.24) is 5.32 Å². The second kappa shape index (κ2) is 9.49. The monoisotopic (exact) mass is 266 g/mol. The number of ether oxygens (including phenoxy) is 2. The van der Waals surface area contributed by atoms with Crippen molar-refractivity contribution in [3.05, 3.63) is 29.8 Å². The molecule has 0 spiro atoms. The zero-order chi connectivity index (χ0) is 13.9. The van der Waals surface area contributed by atoms with Crippen LogP contribution in [-0.2, 0) is 14.3 Å². The van der Waals surface area contributed by atoms with E-state index in [1.807, 2.05) is 31.2 Å². The molecule has 0 fully saturated rings. The molecule has 0 heterocycles. The first-order chi connectivity index (χ1) is 9.24. The van der Waals surface area contributed by atoms with Gasteiger partial charge in [-0.1, -0.05) is 18.2 Å². The molecule has 2 N–H and O–H groups in total. The molecule has 5 heteroatoms. The van der Waals surface area contributed by atoms with E-state index in [-0.39, 0.29) is 12.5 Å². The summed E-state index contributed by atoms with van der Waals surface area (Å²) < 4.78 is 10.1. The van der Waals surface area contributed by atoms with Gasteiger partial charge in [0.05, 0.1) is 26.4 Å². The first-order valence-corrected chi connectivity index (χ1v) is 6.37. The molecular formula is C14H22N2O3. The summed E-state index contributed by atoms with van der Waals surface area (Å²) in [4.78, 5) is 11.7. The van der Waals surface area contributed by atoms with Crippen LogP contribution in [0.15, 0.2) is 24.3 Å². The summed E-state index contributed by atoms with van der Waals surface area (Å²) in [6, 6.07) is 7.70. The van der Waals surface area contributed by atoms with E-state index in [0.717, 1.165) is 11.3 Å². The molecule has 0 atom stereocenters. The number of aryl methyl sites for hydroxylation is 1. The topological polar surface area (TPSA) is 59.6 Å². The quantitative estimate of drug-likeness (QED) is 0.659. The number of carbonyl (C=O) groups is 1. The van der Waals surface area contributed by atoms with Crippen LogP contribution in [0.25, 0.3) is 0 Å². The number of benzene rings is 1. The molecule has 0 aromatic heterocycles. The molecule has 19 heavy (non-hydrogen) atoms. The van der Waals surface area contributed by atoms with E-state index in [1.54, 1.807) is 7.11 Å². The van der Waals surface area contributed by atoms with E-state index >= 15 is 0 Å². The Morgan fingerprint density at radius 2 is 2.00 bits per heavy atom. The highest BCUT2D eigenvalue weighted by Gasteiger charge is 2.03. The van der Waals surface area contributed by atoms with Crippen molar-refractivity contribution in [1.29, 1.82) is 0 Å². The van der Waals surface area contributed by atoms with Gasteiger partial charge in [0.15, 0.2) is 0 Å². The highest BCUT2D eigenvalue weighted by molar-refractivity contribution is 5.92. The summed E-state index contributed by atoms with van der Waals surface area (Å²) in [6.07, 6.45) is 0. The number of hydrogen-bond acceptors (Lipinski definition) is 4. The second-order valence-electron chi connectivity index (χ2n) is 4.15. The van der Waals surface area contributed by atoms with Gasteiger partial charge in [0, 0.05) is 19.3 Å². The molecule has 0 radical (unpaired) electrons. The van der Waals surface area contributed by atoms with Crippen LogP contribution in [-0.4, -0.2) is 45.9 Å². The molecule has 106 valence electrons. The first kappa shape index (κ1) is 15.6. The van der Waals surface area contributed by atoms with Gasteiger partial charge in [0.1, 0.15) is 0 Å². The van der Waals surface area contributed by atoms with Gasteiger partial charge < -0.3 is 20.1 Å². The molecule has 0 unspecified atom stereocenters. The molecule has 0 aliphatic heterocycles. The van der Waals surface area contributed by atoms with Crippen LogP contribution in [0, 0.1) is 6.92 Å². The SMILES string of the molecule is COCCOCCNCC(=O)Nc1ccccc1C. The number of hydrogen-bond donors (Lipinski definition) is 2. The summed E-state index contributed by atoms with van der Waals surface area (Å²) in [5.74, 6) is -0.0498. The number of amides is 1. The molecule has 0 saturated carbocycles. The maximum absolute atomic E-state index is 11.7. The third-order valence-corrected chi connectivity index (χ3v) is 2.56. The maximum Gasteiger partial charge on any atom is 0.238 e. The predicted molar refractivity (Wildman–Crippen MR) is 75.4 cm³/mol. The van der Waals surface area contributed by atoms with Crippen LogP contribution in [0.1, 0.15) is 5.56 Å². The number of carbonyl (C=O) groups excluding carboxylic acids is 1. The number of nitrogens with one attached hydrogen (secondary N) is 2. The Kier molecular flexibility index (Phi) is 7.81. The van der Waals surface area contributed by atoms with Crippen LogP contribution < -0.4 is 10.6 Å². The molecule has 0 aliphatic rings. The Morgan fingerprint density at radius 1 is 1.21 bits per heavy atom. The molecule has 0 bridgehead atoms. The molecule has 1 aromatic carbocycles. The highest BCUT2D eigenvalue weighted by Crippen LogP contribution is 2.12. The van der Waals surface area contributed by atoms with Crippen molar-refractivity contribution in [2.75, 3.05) is 45.3 Å². The smallest absolute Gasteiger partial charge is 0.238 e. The molecular weight excluding hydrogens is 244 g/mol. The zero-order valence-corrected chi connectivity index (χ0v) is 11.6. The summed E-state index contributed by atoms with van der Waals surface area (Å²) in [6.45, 7) is 4.63. The Bertz CT molecular complexity index is 383. The largest absolute Gasteiger partial charge is 0.382 e. The fourth-order valence-corrected chi connectivity index (χ4v) is 1.50. The van der Waals surface area contributed by atoms with Crippen molar-refractivity contribution in [3.8, 4) is 0 Å². The molecule has 0 aliphatic carbocycles. The van der Waals surface area contributed by atoms with E-state index in [9.17, 15) is 4.79 Å². The second-order valence-corrected chi connectivity index (χ2v) is 4.15. The predicted octanol–water partition coefficient (Wildman–Crippen LogP) is 1.19. The van der Waals surface area contributed by atoms with Gasteiger partial charge in [-0.3, -0.25) is 4.79 Å². The Morgan fingerprint density at radius 3 is 2.74 bits per heavy atom. The minimum atomic E-state index is -0.0498. The number of rotatable bonds is 9. The summed E-state index contributed by atoms with van der Waals surface area (Å²) in [5.41, 5.74) is 1.91. The van der Waals surface area contributed by atoms with E-state index in [0.29, 0.717) is 26.4 Å². The molecule has 1 rings (SSSR count). The van der Waals surface area contributed by atoms with Gasteiger partial charge in [-0.05, 0) is 18.6 Å². The third-order valence-electron chi connectivity index (χ3n) is 2.56. The van der Waals surface area contributed by atoms with Crippen molar-refractivity contribution in [2.45, 2.75) is 6.92 Å². The van der Waals surface area contributed by atoms with Crippen molar-refractivity contribution in [2.24, 2.45) is 0 Å². The van der Waals surface area contributed by atoms with Crippen LogP contribution >= 0.6 is 0 Å². The molecule has 5 nitrogen and oxygen atoms in total. The van der Waals surface area contributed by atoms with Gasteiger partial charge in [-0.15, -0.1) is 0 Å². The third kappa shape index (κ3) is 6.91. The van der Waals surface area contributed by atoms with Crippen LogP contribution in [0.3, 0.4) is 0 Å². The van der Waals surface area contributed by atoms with Crippen LogP contribution in [0.2, 0.25) is 0 Å². The van der Waals surface area contributed by atoms with Gasteiger partial charge >= 0.3 is 0 Å². The summed E-state index contributed by atoms with van der Waals surface area (Å²) in [5, 5.41) is 5.88. The lowest BCUT2D eigenvalue weighted by Crippen LogP contribution is -2.30. The Balaban J connectivity index is 2.10. The van der Waals surface area contributed by atoms with Crippen LogP contribution in [0.5, 0.6) is 0 Å². The lowest BCUT2D eigenvalue weighted by atomic mass is 10.2. The molecule has 0 saturated heterocycles. The standard InChI is InChI=1S/C14H22N2O3/c1-12-5-3-4-6-13(12)16-14(17)11-15-7-8-19-10-9-18-2/h3-6,15H,7-11H2,1-2H3,(H,16,17). The minimum absolute atomic E-state index is 0.0498. The normalized spacial score (nSPS) is 10.4. The lowest BCUT2D eigenvalue weighted by molar-refractivity contribution is -0.115. The van der Waals surface area contributed by atoms with Gasteiger partial charge in [0.2, 0.25) is 5.91 Å². The maximum atomic E-state index is 11.7. The van der Waals surface area contributed by atoms with Gasteiger partial charge in [-0.2, -0.15) is 0 Å². The number of methoxy groups -OCH3 is 1.